The molecule has 0 aliphatic rings. The Balaban J connectivity index is 2.32. The first kappa shape index (κ1) is 18.0. The van der Waals surface area contributed by atoms with Gasteiger partial charge >= 0.3 is 6.18 Å². The van der Waals surface area contributed by atoms with Crippen LogP contribution in [0.15, 0.2) is 30.5 Å². The van der Waals surface area contributed by atoms with E-state index in [0.29, 0.717) is 12.2 Å². The Morgan fingerprint density at radius 3 is 2.50 bits per heavy atom. The molecule has 0 aromatic carbocycles. The van der Waals surface area contributed by atoms with Crippen molar-refractivity contribution in [1.82, 2.24) is 20.1 Å². The van der Waals surface area contributed by atoms with Gasteiger partial charge in [-0.3, -0.25) is 14.5 Å². The van der Waals surface area contributed by atoms with Crippen LogP contribution in [-0.4, -0.2) is 26.8 Å². The number of amides is 1. The number of nitrogens with zero attached hydrogens (tertiary/aromatic N) is 3. The lowest BCUT2D eigenvalue weighted by Gasteiger charge is -2.21. The summed E-state index contributed by atoms with van der Waals surface area (Å²) in [4.78, 5) is 16.1. The van der Waals surface area contributed by atoms with Crippen molar-refractivity contribution >= 4 is 5.91 Å². The van der Waals surface area contributed by atoms with E-state index >= 15 is 0 Å². The summed E-state index contributed by atoms with van der Waals surface area (Å²) in [5.41, 5.74) is 0.500. The van der Waals surface area contributed by atoms with E-state index in [0.717, 1.165) is 0 Å². The molecule has 1 atom stereocenters. The molecular formula is C16H19F3N4O. The number of carbonyl (C=O) groups is 1. The number of alkyl halides is 3. The topological polar surface area (TPSA) is 59.8 Å². The average Bonchev–Trinajstić information content (AvgIpc) is 2.96. The van der Waals surface area contributed by atoms with E-state index in [2.05, 4.69) is 10.1 Å². The predicted octanol–water partition coefficient (Wildman–Crippen LogP) is 3.45. The van der Waals surface area contributed by atoms with Gasteiger partial charge in [-0.2, -0.15) is 18.3 Å². The van der Waals surface area contributed by atoms with Gasteiger partial charge in [0, 0.05) is 12.7 Å². The highest BCUT2D eigenvalue weighted by atomic mass is 19.4. The molecule has 5 nitrogen and oxygen atoms in total. The van der Waals surface area contributed by atoms with Gasteiger partial charge in [0.25, 0.3) is 5.91 Å². The van der Waals surface area contributed by atoms with E-state index in [9.17, 15) is 18.0 Å². The van der Waals surface area contributed by atoms with Crippen molar-refractivity contribution in [3.05, 3.63) is 47.5 Å². The molecule has 0 unspecified atom stereocenters. The molecule has 2 aromatic heterocycles. The van der Waals surface area contributed by atoms with E-state index in [1.165, 1.54) is 35.1 Å². The molecular weight excluding hydrogens is 321 g/mol. The second kappa shape index (κ2) is 7.02. The van der Waals surface area contributed by atoms with Crippen LogP contribution in [0.4, 0.5) is 13.2 Å². The Morgan fingerprint density at radius 2 is 2.00 bits per heavy atom. The van der Waals surface area contributed by atoms with Gasteiger partial charge in [0.2, 0.25) is 0 Å². The van der Waals surface area contributed by atoms with Gasteiger partial charge in [0.1, 0.15) is 5.69 Å². The molecule has 2 rings (SSSR count). The van der Waals surface area contributed by atoms with Gasteiger partial charge in [0.15, 0.2) is 6.04 Å². The fourth-order valence-corrected chi connectivity index (χ4v) is 2.22. The second-order valence-electron chi connectivity index (χ2n) is 5.63. The number of rotatable bonds is 5. The number of aromatic nitrogens is 3. The zero-order valence-corrected chi connectivity index (χ0v) is 13.6. The first-order chi connectivity index (χ1) is 11.2. The maximum atomic E-state index is 13.3. The Kier molecular flexibility index (Phi) is 5.26. The van der Waals surface area contributed by atoms with E-state index in [1.54, 1.807) is 6.92 Å². The van der Waals surface area contributed by atoms with Crippen LogP contribution in [0.5, 0.6) is 0 Å². The first-order valence-corrected chi connectivity index (χ1v) is 7.60. The second-order valence-corrected chi connectivity index (χ2v) is 5.63. The highest BCUT2D eigenvalue weighted by molar-refractivity contribution is 5.93. The highest BCUT2D eigenvalue weighted by Crippen LogP contribution is 2.31. The van der Waals surface area contributed by atoms with Crippen molar-refractivity contribution in [3.63, 3.8) is 0 Å². The van der Waals surface area contributed by atoms with E-state index in [-0.39, 0.29) is 17.3 Å². The molecule has 1 N–H and O–H groups in total. The van der Waals surface area contributed by atoms with E-state index in [1.807, 2.05) is 19.2 Å². The summed E-state index contributed by atoms with van der Waals surface area (Å²) in [6.07, 6.45) is -3.39. The first-order valence-electron chi connectivity index (χ1n) is 7.60. The smallest absolute Gasteiger partial charge is 0.334 e. The molecule has 0 aliphatic heterocycles. The number of nitrogens with one attached hydrogen (secondary N) is 1. The highest BCUT2D eigenvalue weighted by Gasteiger charge is 2.43. The Labute approximate surface area is 137 Å². The number of pyridine rings is 1. The fourth-order valence-electron chi connectivity index (χ4n) is 2.22. The zero-order chi connectivity index (χ0) is 17.9. The molecule has 0 bridgehead atoms. The van der Waals surface area contributed by atoms with Gasteiger partial charge in [-0.05, 0) is 31.0 Å². The summed E-state index contributed by atoms with van der Waals surface area (Å²) in [5.74, 6) is -0.761. The molecule has 130 valence electrons. The molecule has 0 radical (unpaired) electrons. The molecule has 0 fully saturated rings. The summed E-state index contributed by atoms with van der Waals surface area (Å²) in [6.45, 7) is 5.95. The summed E-state index contributed by atoms with van der Waals surface area (Å²) < 4.78 is 41.4. The number of aryl methyl sites for hydroxylation is 1. The molecule has 0 spiro atoms. The molecule has 1 amide bonds. The zero-order valence-electron chi connectivity index (χ0n) is 13.6. The minimum Gasteiger partial charge on any atom is -0.334 e. The van der Waals surface area contributed by atoms with Gasteiger partial charge < -0.3 is 5.32 Å². The number of hydrogen-bond acceptors (Lipinski definition) is 3. The van der Waals surface area contributed by atoms with Gasteiger partial charge in [-0.1, -0.05) is 19.9 Å². The minimum atomic E-state index is -4.65. The van der Waals surface area contributed by atoms with E-state index < -0.39 is 18.1 Å². The van der Waals surface area contributed by atoms with Crippen molar-refractivity contribution in [2.24, 2.45) is 0 Å². The summed E-state index contributed by atoms with van der Waals surface area (Å²) >= 11 is 0. The summed E-state index contributed by atoms with van der Waals surface area (Å²) in [6, 6.07) is 3.54. The predicted molar refractivity (Wildman–Crippen MR) is 82.5 cm³/mol. The van der Waals surface area contributed by atoms with Crippen LogP contribution in [0.1, 0.15) is 54.6 Å². The summed E-state index contributed by atoms with van der Waals surface area (Å²) in [5, 5.41) is 6.28. The average molecular weight is 340 g/mol. The van der Waals surface area contributed by atoms with Crippen molar-refractivity contribution in [2.75, 3.05) is 0 Å². The number of carbonyl (C=O) groups excluding carboxylic acids is 1. The van der Waals surface area contributed by atoms with Crippen LogP contribution in [0, 0.1) is 0 Å². The lowest BCUT2D eigenvalue weighted by Crippen LogP contribution is -2.39. The fraction of sp³-hybridized carbons (Fsp3) is 0.438. The van der Waals surface area contributed by atoms with Crippen LogP contribution in [0.25, 0.3) is 0 Å². The monoisotopic (exact) mass is 340 g/mol. The Hall–Kier alpha value is -2.38. The normalized spacial score (nSPS) is 13.1. The number of halogens is 3. The van der Waals surface area contributed by atoms with Gasteiger partial charge in [-0.15, -0.1) is 0 Å². The van der Waals surface area contributed by atoms with Crippen LogP contribution < -0.4 is 5.32 Å². The SMILES string of the molecule is CCn1nc(C(C)C)cc1C(=O)N[C@@H](c1ccccn1)C(F)(F)F. The molecule has 8 heteroatoms. The third-order valence-corrected chi connectivity index (χ3v) is 3.51. The summed E-state index contributed by atoms with van der Waals surface area (Å²) in [7, 11) is 0. The number of hydrogen-bond donors (Lipinski definition) is 1. The van der Waals surface area contributed by atoms with Crippen LogP contribution in [0.2, 0.25) is 0 Å². The van der Waals surface area contributed by atoms with Crippen molar-refractivity contribution in [2.45, 2.75) is 45.5 Å². The largest absolute Gasteiger partial charge is 0.414 e. The Morgan fingerprint density at radius 1 is 1.29 bits per heavy atom. The van der Waals surface area contributed by atoms with Gasteiger partial charge in [0.05, 0.1) is 11.4 Å². The van der Waals surface area contributed by atoms with Crippen LogP contribution in [0.3, 0.4) is 0 Å². The molecule has 24 heavy (non-hydrogen) atoms. The van der Waals surface area contributed by atoms with Gasteiger partial charge in [-0.25, -0.2) is 0 Å². The lowest BCUT2D eigenvalue weighted by atomic mass is 10.1. The minimum absolute atomic E-state index is 0.0681. The maximum absolute atomic E-state index is 13.3. The maximum Gasteiger partial charge on any atom is 0.414 e. The van der Waals surface area contributed by atoms with Crippen molar-refractivity contribution < 1.29 is 18.0 Å². The molecule has 0 saturated heterocycles. The standard InChI is InChI=1S/C16H19F3N4O/c1-4-23-13(9-12(22-23)10(2)3)15(24)21-14(16(17,18)19)11-7-5-6-8-20-11/h5-10,14H,4H2,1-3H3,(H,21,24)/t14-/m0/s1. The van der Waals surface area contributed by atoms with Crippen LogP contribution >= 0.6 is 0 Å². The molecule has 0 aliphatic carbocycles. The molecule has 0 saturated carbocycles. The molecule has 2 heterocycles. The lowest BCUT2D eigenvalue weighted by molar-refractivity contribution is -0.156. The quantitative estimate of drug-likeness (QED) is 0.907. The Bertz CT molecular complexity index is 695. The third-order valence-electron chi connectivity index (χ3n) is 3.51. The van der Waals surface area contributed by atoms with Crippen molar-refractivity contribution in [1.29, 1.82) is 0 Å². The molecule has 2 aromatic rings. The van der Waals surface area contributed by atoms with Crippen molar-refractivity contribution in [3.8, 4) is 0 Å². The third kappa shape index (κ3) is 3.93. The van der Waals surface area contributed by atoms with Crippen LogP contribution in [-0.2, 0) is 6.54 Å². The van der Waals surface area contributed by atoms with E-state index in [4.69, 9.17) is 0 Å².